The number of carbonyl (C=O) groups is 1. The predicted octanol–water partition coefficient (Wildman–Crippen LogP) is 6.27. The van der Waals surface area contributed by atoms with E-state index in [1.165, 1.54) is 11.8 Å². The lowest BCUT2D eigenvalue weighted by molar-refractivity contribution is -0.113. The number of hydrogen-bond donors (Lipinski definition) is 1. The lowest BCUT2D eigenvalue weighted by Crippen LogP contribution is -2.14. The molecule has 0 aliphatic carbocycles. The van der Waals surface area contributed by atoms with Crippen LogP contribution in [0.4, 0.5) is 5.69 Å². The molecule has 0 unspecified atom stereocenters. The molecule has 1 aromatic heterocycles. The van der Waals surface area contributed by atoms with E-state index in [0.717, 1.165) is 43.6 Å². The second-order valence-electron chi connectivity index (χ2n) is 7.43. The standard InChI is InChI=1S/C25H19ClN4OS/c1-16-13-22-23(14-21(16)27-25(31)15-32-19-11-9-18(26)10-12-19)29-30(28-22)24-8-4-6-17-5-2-3-7-20(17)24/h2-14H,15H2,1H3,(H,27,31). The van der Waals surface area contributed by atoms with Gasteiger partial charge in [0.15, 0.2) is 0 Å². The molecule has 0 saturated carbocycles. The molecule has 7 heteroatoms. The van der Waals surface area contributed by atoms with Gasteiger partial charge < -0.3 is 5.32 Å². The van der Waals surface area contributed by atoms with E-state index in [0.29, 0.717) is 10.8 Å². The Balaban J connectivity index is 1.38. The molecule has 0 atom stereocenters. The largest absolute Gasteiger partial charge is 0.325 e. The van der Waals surface area contributed by atoms with Crippen molar-refractivity contribution in [1.82, 2.24) is 15.0 Å². The highest BCUT2D eigenvalue weighted by atomic mass is 35.5. The minimum absolute atomic E-state index is 0.0751. The van der Waals surface area contributed by atoms with Gasteiger partial charge in [0, 0.05) is 21.0 Å². The van der Waals surface area contributed by atoms with Gasteiger partial charge in [0.1, 0.15) is 11.0 Å². The van der Waals surface area contributed by atoms with Crippen LogP contribution in [0.3, 0.4) is 0 Å². The maximum Gasteiger partial charge on any atom is 0.234 e. The molecule has 0 fully saturated rings. The molecule has 0 aliphatic heterocycles. The number of carbonyl (C=O) groups excluding carboxylic acids is 1. The Morgan fingerprint density at radius 1 is 0.969 bits per heavy atom. The lowest BCUT2D eigenvalue weighted by atomic mass is 10.1. The zero-order valence-corrected chi connectivity index (χ0v) is 18.8. The molecule has 0 aliphatic rings. The average molecular weight is 459 g/mol. The molecule has 0 radical (unpaired) electrons. The third kappa shape index (κ3) is 4.20. The summed E-state index contributed by atoms with van der Waals surface area (Å²) >= 11 is 7.38. The molecule has 5 aromatic rings. The summed E-state index contributed by atoms with van der Waals surface area (Å²) in [7, 11) is 0. The lowest BCUT2D eigenvalue weighted by Gasteiger charge is -2.08. The predicted molar refractivity (Wildman–Crippen MR) is 132 cm³/mol. The Kier molecular flexibility index (Phi) is 5.55. The Labute approximate surface area is 194 Å². The van der Waals surface area contributed by atoms with E-state index >= 15 is 0 Å². The highest BCUT2D eigenvalue weighted by Gasteiger charge is 2.12. The SMILES string of the molecule is Cc1cc2nn(-c3cccc4ccccc34)nc2cc1NC(=O)CSc1ccc(Cl)cc1. The quantitative estimate of drug-likeness (QED) is 0.315. The number of hydrogen-bond acceptors (Lipinski definition) is 4. The molecule has 4 aromatic carbocycles. The van der Waals surface area contributed by atoms with Crippen LogP contribution < -0.4 is 5.32 Å². The summed E-state index contributed by atoms with van der Waals surface area (Å²) in [5.74, 6) is 0.232. The van der Waals surface area contributed by atoms with Crippen LogP contribution in [0.2, 0.25) is 5.02 Å². The van der Waals surface area contributed by atoms with Crippen molar-refractivity contribution in [3.05, 3.63) is 89.4 Å². The van der Waals surface area contributed by atoms with Gasteiger partial charge in [-0.25, -0.2) is 0 Å². The van der Waals surface area contributed by atoms with Gasteiger partial charge in [0.25, 0.3) is 0 Å². The molecular formula is C25H19ClN4OS. The van der Waals surface area contributed by atoms with Gasteiger partial charge in [-0.2, -0.15) is 0 Å². The van der Waals surface area contributed by atoms with Gasteiger partial charge in [0.2, 0.25) is 5.91 Å². The second kappa shape index (κ2) is 8.65. The number of halogens is 1. The Morgan fingerprint density at radius 2 is 1.69 bits per heavy atom. The number of benzene rings is 4. The van der Waals surface area contributed by atoms with Crippen molar-refractivity contribution in [1.29, 1.82) is 0 Å². The summed E-state index contributed by atoms with van der Waals surface area (Å²) in [5, 5.41) is 15.3. The summed E-state index contributed by atoms with van der Waals surface area (Å²) in [5.41, 5.74) is 4.10. The number of nitrogens with zero attached hydrogens (tertiary/aromatic N) is 3. The maximum absolute atomic E-state index is 12.5. The first-order chi connectivity index (χ1) is 15.6. The first-order valence-corrected chi connectivity index (χ1v) is 11.5. The summed E-state index contributed by atoms with van der Waals surface area (Å²) < 4.78 is 0. The molecule has 158 valence electrons. The molecule has 0 bridgehead atoms. The van der Waals surface area contributed by atoms with E-state index in [2.05, 4.69) is 33.7 Å². The molecule has 32 heavy (non-hydrogen) atoms. The van der Waals surface area contributed by atoms with E-state index in [1.807, 2.05) is 67.6 Å². The number of nitrogens with one attached hydrogen (secondary N) is 1. The van der Waals surface area contributed by atoms with Crippen LogP contribution in [0.25, 0.3) is 27.5 Å². The van der Waals surface area contributed by atoms with Gasteiger partial charge in [-0.15, -0.1) is 26.8 Å². The van der Waals surface area contributed by atoms with E-state index in [4.69, 9.17) is 11.6 Å². The number of anilines is 1. The minimum atomic E-state index is -0.0751. The molecule has 1 amide bonds. The zero-order chi connectivity index (χ0) is 22.1. The van der Waals surface area contributed by atoms with Crippen LogP contribution in [0.1, 0.15) is 5.56 Å². The van der Waals surface area contributed by atoms with E-state index in [-0.39, 0.29) is 5.91 Å². The van der Waals surface area contributed by atoms with Crippen LogP contribution in [0.5, 0.6) is 0 Å². The monoisotopic (exact) mass is 458 g/mol. The van der Waals surface area contributed by atoms with Crippen LogP contribution in [0.15, 0.2) is 83.8 Å². The molecule has 5 rings (SSSR count). The van der Waals surface area contributed by atoms with Gasteiger partial charge in [-0.3, -0.25) is 4.79 Å². The van der Waals surface area contributed by atoms with Gasteiger partial charge in [-0.1, -0.05) is 48.0 Å². The summed E-state index contributed by atoms with van der Waals surface area (Å²) in [6, 6.07) is 25.5. The average Bonchev–Trinajstić information content (AvgIpc) is 3.21. The molecule has 1 heterocycles. The first kappa shape index (κ1) is 20.5. The number of thioether (sulfide) groups is 1. The van der Waals surface area contributed by atoms with E-state index in [1.54, 1.807) is 4.80 Å². The highest BCUT2D eigenvalue weighted by molar-refractivity contribution is 8.00. The molecule has 0 spiro atoms. The maximum atomic E-state index is 12.5. The first-order valence-electron chi connectivity index (χ1n) is 10.1. The third-order valence-corrected chi connectivity index (χ3v) is 6.43. The topological polar surface area (TPSA) is 59.8 Å². The van der Waals surface area contributed by atoms with Gasteiger partial charge in [0.05, 0.1) is 11.4 Å². The Bertz CT molecular complexity index is 1440. The van der Waals surface area contributed by atoms with Crippen LogP contribution in [-0.4, -0.2) is 26.7 Å². The number of aromatic nitrogens is 3. The molecule has 0 saturated heterocycles. The van der Waals surface area contributed by atoms with E-state index in [9.17, 15) is 4.79 Å². The Morgan fingerprint density at radius 3 is 2.50 bits per heavy atom. The van der Waals surface area contributed by atoms with Crippen molar-refractivity contribution in [2.75, 3.05) is 11.1 Å². The smallest absolute Gasteiger partial charge is 0.234 e. The number of fused-ring (bicyclic) bond motifs is 2. The normalized spacial score (nSPS) is 11.2. The van der Waals surface area contributed by atoms with Crippen LogP contribution >= 0.6 is 23.4 Å². The van der Waals surface area contributed by atoms with Crippen LogP contribution in [-0.2, 0) is 4.79 Å². The van der Waals surface area contributed by atoms with E-state index < -0.39 is 0 Å². The van der Waals surface area contributed by atoms with Crippen molar-refractivity contribution in [3.63, 3.8) is 0 Å². The highest BCUT2D eigenvalue weighted by Crippen LogP contribution is 2.26. The number of aryl methyl sites for hydroxylation is 1. The second-order valence-corrected chi connectivity index (χ2v) is 8.92. The van der Waals surface area contributed by atoms with Crippen molar-refractivity contribution < 1.29 is 4.79 Å². The van der Waals surface area contributed by atoms with Crippen LogP contribution in [0, 0.1) is 6.92 Å². The van der Waals surface area contributed by atoms with Gasteiger partial charge >= 0.3 is 0 Å². The van der Waals surface area contributed by atoms with Crippen molar-refractivity contribution in [3.8, 4) is 5.69 Å². The fraction of sp³-hybridized carbons (Fsp3) is 0.0800. The fourth-order valence-electron chi connectivity index (χ4n) is 3.56. The summed E-state index contributed by atoms with van der Waals surface area (Å²) in [6.45, 7) is 1.96. The number of rotatable bonds is 5. The minimum Gasteiger partial charge on any atom is -0.325 e. The van der Waals surface area contributed by atoms with Crippen molar-refractivity contribution >= 4 is 56.8 Å². The number of amides is 1. The summed E-state index contributed by atoms with van der Waals surface area (Å²) in [6.07, 6.45) is 0. The Hall–Kier alpha value is -3.35. The summed E-state index contributed by atoms with van der Waals surface area (Å²) in [4.78, 5) is 15.2. The van der Waals surface area contributed by atoms with Crippen molar-refractivity contribution in [2.45, 2.75) is 11.8 Å². The molecule has 5 nitrogen and oxygen atoms in total. The zero-order valence-electron chi connectivity index (χ0n) is 17.2. The fourth-order valence-corrected chi connectivity index (χ4v) is 4.38. The molecular weight excluding hydrogens is 440 g/mol. The van der Waals surface area contributed by atoms with Gasteiger partial charge in [-0.05, 0) is 60.3 Å². The third-order valence-electron chi connectivity index (χ3n) is 5.17. The van der Waals surface area contributed by atoms with Crippen molar-refractivity contribution in [2.24, 2.45) is 0 Å². The molecule has 1 N–H and O–H groups in total.